The fourth-order valence-electron chi connectivity index (χ4n) is 2.39. The van der Waals surface area contributed by atoms with Gasteiger partial charge in [-0.25, -0.2) is 9.78 Å². The van der Waals surface area contributed by atoms with Crippen LogP contribution in [0.4, 0.5) is 0 Å². The summed E-state index contributed by atoms with van der Waals surface area (Å²) in [4.78, 5) is 41.8. The van der Waals surface area contributed by atoms with E-state index >= 15 is 0 Å². The number of thiazole rings is 1. The summed E-state index contributed by atoms with van der Waals surface area (Å²) >= 11 is 7.44. The number of halogens is 1. The largest absolute Gasteiger partial charge is 0.477 e. The van der Waals surface area contributed by atoms with Crippen LogP contribution >= 0.6 is 22.9 Å². The Morgan fingerprint density at radius 2 is 2.12 bits per heavy atom. The quantitative estimate of drug-likeness (QED) is 0.646. The Morgan fingerprint density at radius 1 is 1.36 bits per heavy atom. The van der Waals surface area contributed by atoms with Crippen LogP contribution in [0.1, 0.15) is 31.4 Å². The van der Waals surface area contributed by atoms with Gasteiger partial charge in [0.1, 0.15) is 11.3 Å². The molecule has 0 saturated carbocycles. The molecule has 128 valence electrons. The van der Waals surface area contributed by atoms with Crippen LogP contribution in [-0.4, -0.2) is 27.0 Å². The van der Waals surface area contributed by atoms with Crippen LogP contribution in [-0.2, 0) is 6.54 Å². The number of hydrogen-bond acceptors (Lipinski definition) is 5. The molecule has 3 N–H and O–H groups in total. The fourth-order valence-corrected chi connectivity index (χ4v) is 3.23. The lowest BCUT2D eigenvalue weighted by molar-refractivity contribution is 0.0695. The Bertz CT molecular complexity index is 1060. The molecular weight excluding hydrogens is 366 g/mol. The molecule has 0 bridgehead atoms. The number of nitrogens with zero attached hydrogens (tertiary/aromatic N) is 1. The second-order valence-corrected chi connectivity index (χ2v) is 6.78. The van der Waals surface area contributed by atoms with Crippen molar-refractivity contribution >= 4 is 45.7 Å². The van der Waals surface area contributed by atoms with Crippen LogP contribution < -0.4 is 10.9 Å². The van der Waals surface area contributed by atoms with Crippen molar-refractivity contribution in [1.82, 2.24) is 15.3 Å². The van der Waals surface area contributed by atoms with Crippen molar-refractivity contribution < 1.29 is 14.7 Å². The van der Waals surface area contributed by atoms with Gasteiger partial charge < -0.3 is 15.4 Å². The van der Waals surface area contributed by atoms with E-state index in [-0.39, 0.29) is 18.0 Å². The summed E-state index contributed by atoms with van der Waals surface area (Å²) in [6.07, 6.45) is 0. The summed E-state index contributed by atoms with van der Waals surface area (Å²) in [5, 5.41) is 15.0. The normalized spacial score (nSPS) is 10.8. The number of aromatic carboxylic acids is 1. The molecule has 0 unspecified atom stereocenters. The number of carbonyl (C=O) groups excluding carboxylic acids is 1. The standard InChI is InChI=1S/C16H12ClN3O4S/c1-7-19-12(6-25-7)15(22)18-5-9-3-10(17)2-8-4-11(16(23)24)14(21)20-13(8)9/h2-4,6H,5H2,1H3,(H,18,22)(H,20,21)(H,23,24). The molecule has 0 saturated heterocycles. The summed E-state index contributed by atoms with van der Waals surface area (Å²) in [7, 11) is 0. The zero-order valence-electron chi connectivity index (χ0n) is 12.9. The van der Waals surface area contributed by atoms with Crippen LogP contribution in [0.2, 0.25) is 5.02 Å². The van der Waals surface area contributed by atoms with Crippen molar-refractivity contribution in [2.75, 3.05) is 0 Å². The number of aromatic amines is 1. The number of carboxylic acid groups (broad SMARTS) is 1. The van der Waals surface area contributed by atoms with E-state index < -0.39 is 11.5 Å². The average Bonchev–Trinajstić information content (AvgIpc) is 2.98. The minimum absolute atomic E-state index is 0.106. The van der Waals surface area contributed by atoms with E-state index in [1.807, 2.05) is 0 Å². The molecular formula is C16H12ClN3O4S. The topological polar surface area (TPSA) is 112 Å². The van der Waals surface area contributed by atoms with Gasteiger partial charge in [-0.3, -0.25) is 9.59 Å². The number of hydrogen-bond donors (Lipinski definition) is 3. The first-order valence-corrected chi connectivity index (χ1v) is 8.40. The van der Waals surface area contributed by atoms with Gasteiger partial charge in [0.05, 0.1) is 10.5 Å². The molecule has 7 nitrogen and oxygen atoms in total. The third kappa shape index (κ3) is 3.54. The van der Waals surface area contributed by atoms with Crippen molar-refractivity contribution in [2.45, 2.75) is 13.5 Å². The summed E-state index contributed by atoms with van der Waals surface area (Å²) in [5.41, 5.74) is 0.217. The van der Waals surface area contributed by atoms with Gasteiger partial charge in [-0.05, 0) is 30.7 Å². The maximum Gasteiger partial charge on any atom is 0.341 e. The van der Waals surface area contributed by atoms with E-state index in [1.54, 1.807) is 24.4 Å². The molecule has 2 heterocycles. The van der Waals surface area contributed by atoms with Gasteiger partial charge in [-0.2, -0.15) is 0 Å². The van der Waals surface area contributed by atoms with Crippen molar-refractivity contribution in [2.24, 2.45) is 0 Å². The van der Waals surface area contributed by atoms with Crippen LogP contribution in [0.3, 0.4) is 0 Å². The predicted molar refractivity (Wildman–Crippen MR) is 94.6 cm³/mol. The van der Waals surface area contributed by atoms with E-state index in [9.17, 15) is 14.4 Å². The molecule has 0 aliphatic rings. The number of H-pyrrole nitrogens is 1. The molecule has 0 aliphatic carbocycles. The molecule has 0 fully saturated rings. The minimum Gasteiger partial charge on any atom is -0.477 e. The molecule has 3 rings (SSSR count). The lowest BCUT2D eigenvalue weighted by atomic mass is 10.1. The third-order valence-electron chi connectivity index (χ3n) is 3.52. The molecule has 3 aromatic rings. The van der Waals surface area contributed by atoms with Crippen LogP contribution in [0, 0.1) is 6.92 Å². The number of fused-ring (bicyclic) bond motifs is 1. The zero-order valence-corrected chi connectivity index (χ0v) is 14.5. The van der Waals surface area contributed by atoms with E-state index in [0.717, 1.165) is 5.01 Å². The number of aromatic nitrogens is 2. The fraction of sp³-hybridized carbons (Fsp3) is 0.125. The summed E-state index contributed by atoms with van der Waals surface area (Å²) in [6, 6.07) is 4.42. The Labute approximate surface area is 150 Å². The Balaban J connectivity index is 1.95. The van der Waals surface area contributed by atoms with E-state index in [0.29, 0.717) is 27.2 Å². The second-order valence-electron chi connectivity index (χ2n) is 5.28. The Morgan fingerprint density at radius 3 is 2.76 bits per heavy atom. The van der Waals surface area contributed by atoms with Crippen molar-refractivity contribution in [3.8, 4) is 0 Å². The summed E-state index contributed by atoms with van der Waals surface area (Å²) in [5.74, 6) is -1.67. The first kappa shape index (κ1) is 17.1. The SMILES string of the molecule is Cc1nc(C(=O)NCc2cc(Cl)cc3cc(C(=O)O)c(=O)[nH]c23)cs1. The molecule has 9 heteroatoms. The molecule has 0 spiro atoms. The van der Waals surface area contributed by atoms with Gasteiger partial charge in [0.25, 0.3) is 11.5 Å². The summed E-state index contributed by atoms with van der Waals surface area (Å²) < 4.78 is 0. The van der Waals surface area contributed by atoms with Crippen molar-refractivity contribution in [1.29, 1.82) is 0 Å². The molecule has 25 heavy (non-hydrogen) atoms. The third-order valence-corrected chi connectivity index (χ3v) is 4.51. The van der Waals surface area contributed by atoms with Crippen LogP contribution in [0.15, 0.2) is 28.4 Å². The number of carbonyl (C=O) groups is 2. The molecule has 0 radical (unpaired) electrons. The number of nitrogens with one attached hydrogen (secondary N) is 2. The molecule has 1 aromatic carbocycles. The highest BCUT2D eigenvalue weighted by Gasteiger charge is 2.14. The number of pyridine rings is 1. The maximum atomic E-state index is 12.1. The summed E-state index contributed by atoms with van der Waals surface area (Å²) in [6.45, 7) is 1.91. The highest BCUT2D eigenvalue weighted by Crippen LogP contribution is 2.22. The van der Waals surface area contributed by atoms with Gasteiger partial charge in [0, 0.05) is 22.3 Å². The highest BCUT2D eigenvalue weighted by atomic mass is 35.5. The van der Waals surface area contributed by atoms with E-state index in [2.05, 4.69) is 15.3 Å². The lowest BCUT2D eigenvalue weighted by Gasteiger charge is -2.09. The monoisotopic (exact) mass is 377 g/mol. The lowest BCUT2D eigenvalue weighted by Crippen LogP contribution is -2.24. The number of amides is 1. The molecule has 1 amide bonds. The van der Waals surface area contributed by atoms with Gasteiger partial charge in [0.15, 0.2) is 0 Å². The minimum atomic E-state index is -1.32. The first-order chi connectivity index (χ1) is 11.8. The number of aryl methyl sites for hydroxylation is 1. The smallest absolute Gasteiger partial charge is 0.341 e. The number of benzene rings is 1. The second kappa shape index (κ2) is 6.66. The average molecular weight is 378 g/mol. The zero-order chi connectivity index (χ0) is 18.1. The van der Waals surface area contributed by atoms with Crippen molar-refractivity contribution in [3.05, 3.63) is 60.8 Å². The van der Waals surface area contributed by atoms with E-state index in [1.165, 1.54) is 17.4 Å². The first-order valence-electron chi connectivity index (χ1n) is 7.14. The maximum absolute atomic E-state index is 12.1. The van der Waals surface area contributed by atoms with Gasteiger partial charge >= 0.3 is 5.97 Å². The Hall–Kier alpha value is -2.71. The number of rotatable bonds is 4. The van der Waals surface area contributed by atoms with Gasteiger partial charge in [0.2, 0.25) is 0 Å². The molecule has 0 aliphatic heterocycles. The molecule has 2 aromatic heterocycles. The van der Waals surface area contributed by atoms with Crippen molar-refractivity contribution in [3.63, 3.8) is 0 Å². The number of carboxylic acids is 1. The van der Waals surface area contributed by atoms with Gasteiger partial charge in [-0.1, -0.05) is 11.6 Å². The van der Waals surface area contributed by atoms with E-state index in [4.69, 9.17) is 16.7 Å². The molecule has 0 atom stereocenters. The van der Waals surface area contributed by atoms with Crippen LogP contribution in [0.25, 0.3) is 10.9 Å². The Kier molecular flexibility index (Phi) is 4.56. The van der Waals surface area contributed by atoms with Gasteiger partial charge in [-0.15, -0.1) is 11.3 Å². The highest BCUT2D eigenvalue weighted by molar-refractivity contribution is 7.09. The predicted octanol–water partition coefficient (Wildman–Crippen LogP) is 2.57. The van der Waals surface area contributed by atoms with Crippen LogP contribution in [0.5, 0.6) is 0 Å².